The SMILES string of the molecule is Cc1c(C)n(C)c2ccc(-c3cc(N)n[nH]3)cc12. The van der Waals surface area contributed by atoms with Gasteiger partial charge in [0.05, 0.1) is 5.69 Å². The van der Waals surface area contributed by atoms with Crippen LogP contribution >= 0.6 is 0 Å². The van der Waals surface area contributed by atoms with Gasteiger partial charge in [-0.05, 0) is 31.5 Å². The number of nitrogens with one attached hydrogen (secondary N) is 1. The zero-order chi connectivity index (χ0) is 12.9. The van der Waals surface area contributed by atoms with Gasteiger partial charge in [0, 0.05) is 35.3 Å². The van der Waals surface area contributed by atoms with Crippen LogP contribution in [0, 0.1) is 13.8 Å². The lowest BCUT2D eigenvalue weighted by Gasteiger charge is -2.00. The maximum Gasteiger partial charge on any atom is 0.145 e. The summed E-state index contributed by atoms with van der Waals surface area (Å²) in [4.78, 5) is 0. The molecule has 0 fully saturated rings. The van der Waals surface area contributed by atoms with E-state index in [9.17, 15) is 0 Å². The molecule has 0 unspecified atom stereocenters. The first kappa shape index (κ1) is 10.9. The third-order valence-electron chi connectivity index (χ3n) is 3.72. The summed E-state index contributed by atoms with van der Waals surface area (Å²) in [5.41, 5.74) is 11.6. The van der Waals surface area contributed by atoms with Crippen LogP contribution in [-0.2, 0) is 7.05 Å². The molecule has 0 aliphatic rings. The molecular formula is C14H16N4. The lowest BCUT2D eigenvalue weighted by atomic mass is 10.1. The van der Waals surface area contributed by atoms with Gasteiger partial charge >= 0.3 is 0 Å². The number of aromatic nitrogens is 3. The number of nitrogens with zero attached hydrogens (tertiary/aromatic N) is 2. The van der Waals surface area contributed by atoms with E-state index in [1.54, 1.807) is 0 Å². The fourth-order valence-electron chi connectivity index (χ4n) is 2.41. The Morgan fingerprint density at radius 1 is 1.22 bits per heavy atom. The number of fused-ring (bicyclic) bond motifs is 1. The number of rotatable bonds is 1. The third-order valence-corrected chi connectivity index (χ3v) is 3.72. The number of aryl methyl sites for hydroxylation is 2. The van der Waals surface area contributed by atoms with Gasteiger partial charge in [0.25, 0.3) is 0 Å². The Morgan fingerprint density at radius 2 is 2.00 bits per heavy atom. The van der Waals surface area contributed by atoms with Gasteiger partial charge in [-0.15, -0.1) is 0 Å². The highest BCUT2D eigenvalue weighted by Gasteiger charge is 2.10. The first-order chi connectivity index (χ1) is 8.58. The fourth-order valence-corrected chi connectivity index (χ4v) is 2.41. The van der Waals surface area contributed by atoms with Crippen LogP contribution in [0.15, 0.2) is 24.3 Å². The van der Waals surface area contributed by atoms with E-state index < -0.39 is 0 Å². The van der Waals surface area contributed by atoms with Crippen molar-refractivity contribution >= 4 is 16.7 Å². The highest BCUT2D eigenvalue weighted by molar-refractivity contribution is 5.89. The molecule has 18 heavy (non-hydrogen) atoms. The molecule has 0 aliphatic heterocycles. The molecule has 0 bridgehead atoms. The van der Waals surface area contributed by atoms with Gasteiger partial charge < -0.3 is 10.3 Å². The third kappa shape index (κ3) is 1.42. The molecule has 0 spiro atoms. The minimum atomic E-state index is 0.520. The Kier molecular flexibility index (Phi) is 2.20. The largest absolute Gasteiger partial charge is 0.382 e. The number of benzene rings is 1. The van der Waals surface area contributed by atoms with Crippen molar-refractivity contribution in [1.29, 1.82) is 0 Å². The van der Waals surface area contributed by atoms with Crippen LogP contribution in [0.1, 0.15) is 11.3 Å². The maximum absolute atomic E-state index is 5.64. The van der Waals surface area contributed by atoms with Crippen LogP contribution in [0.4, 0.5) is 5.82 Å². The first-order valence-corrected chi connectivity index (χ1v) is 5.95. The minimum Gasteiger partial charge on any atom is -0.382 e. The summed E-state index contributed by atoms with van der Waals surface area (Å²) in [5.74, 6) is 0.520. The molecule has 92 valence electrons. The molecule has 2 aromatic heterocycles. The minimum absolute atomic E-state index is 0.520. The molecule has 0 atom stereocenters. The van der Waals surface area contributed by atoms with Crippen LogP contribution in [0.3, 0.4) is 0 Å². The number of nitrogen functional groups attached to an aromatic ring is 1. The predicted molar refractivity (Wildman–Crippen MR) is 74.4 cm³/mol. The van der Waals surface area contributed by atoms with Gasteiger partial charge in [0.1, 0.15) is 5.82 Å². The monoisotopic (exact) mass is 240 g/mol. The topological polar surface area (TPSA) is 59.6 Å². The molecule has 3 N–H and O–H groups in total. The summed E-state index contributed by atoms with van der Waals surface area (Å²) in [7, 11) is 2.10. The fraction of sp³-hybridized carbons (Fsp3) is 0.214. The number of nitrogens with two attached hydrogens (primary N) is 1. The van der Waals surface area contributed by atoms with E-state index in [0.717, 1.165) is 11.3 Å². The van der Waals surface area contributed by atoms with Crippen molar-refractivity contribution in [3.05, 3.63) is 35.5 Å². The van der Waals surface area contributed by atoms with Gasteiger partial charge in [-0.25, -0.2) is 0 Å². The van der Waals surface area contributed by atoms with Crippen LogP contribution < -0.4 is 5.73 Å². The van der Waals surface area contributed by atoms with Gasteiger partial charge in [-0.2, -0.15) is 5.10 Å². The number of hydrogen-bond acceptors (Lipinski definition) is 2. The van der Waals surface area contributed by atoms with Crippen molar-refractivity contribution in [2.45, 2.75) is 13.8 Å². The second kappa shape index (κ2) is 3.63. The van der Waals surface area contributed by atoms with E-state index in [4.69, 9.17) is 5.73 Å². The summed E-state index contributed by atoms with van der Waals surface area (Å²) in [6.45, 7) is 4.30. The van der Waals surface area contributed by atoms with Crippen molar-refractivity contribution in [2.75, 3.05) is 5.73 Å². The van der Waals surface area contributed by atoms with Gasteiger partial charge in [0.15, 0.2) is 0 Å². The van der Waals surface area contributed by atoms with E-state index >= 15 is 0 Å². The van der Waals surface area contributed by atoms with Crippen LogP contribution in [0.2, 0.25) is 0 Å². The molecule has 0 aliphatic carbocycles. The summed E-state index contributed by atoms with van der Waals surface area (Å²) in [5, 5.41) is 8.19. The molecule has 0 saturated carbocycles. The Balaban J connectivity index is 2.25. The summed E-state index contributed by atoms with van der Waals surface area (Å²) in [6, 6.07) is 8.27. The van der Waals surface area contributed by atoms with Crippen molar-refractivity contribution in [2.24, 2.45) is 7.05 Å². The standard InChI is InChI=1S/C14H16N4/c1-8-9(2)18(3)13-5-4-10(6-11(8)13)12-7-14(15)17-16-12/h4-7H,1-3H3,(H3,15,16,17). The first-order valence-electron chi connectivity index (χ1n) is 5.95. The Bertz CT molecular complexity index is 734. The molecular weight excluding hydrogens is 224 g/mol. The highest BCUT2D eigenvalue weighted by Crippen LogP contribution is 2.29. The predicted octanol–water partition coefficient (Wildman–Crippen LogP) is 2.77. The lowest BCUT2D eigenvalue weighted by molar-refractivity contribution is 0.910. The smallest absolute Gasteiger partial charge is 0.145 e. The quantitative estimate of drug-likeness (QED) is 0.687. The van der Waals surface area contributed by atoms with Crippen molar-refractivity contribution in [3.63, 3.8) is 0 Å². The van der Waals surface area contributed by atoms with Crippen LogP contribution in [0.25, 0.3) is 22.2 Å². The molecule has 1 aromatic carbocycles. The van der Waals surface area contributed by atoms with E-state index in [2.05, 4.69) is 53.9 Å². The summed E-state index contributed by atoms with van der Waals surface area (Å²) < 4.78 is 2.22. The zero-order valence-corrected chi connectivity index (χ0v) is 10.8. The Labute approximate surface area is 105 Å². The number of H-pyrrole nitrogens is 1. The Morgan fingerprint density at radius 3 is 2.67 bits per heavy atom. The average Bonchev–Trinajstić information content (AvgIpc) is 2.89. The molecule has 4 nitrogen and oxygen atoms in total. The normalized spacial score (nSPS) is 11.3. The molecule has 0 radical (unpaired) electrons. The van der Waals surface area contributed by atoms with E-state index in [0.29, 0.717) is 5.82 Å². The highest BCUT2D eigenvalue weighted by atomic mass is 15.2. The summed E-state index contributed by atoms with van der Waals surface area (Å²) in [6.07, 6.45) is 0. The molecule has 0 saturated heterocycles. The molecule has 3 rings (SSSR count). The Hall–Kier alpha value is -2.23. The van der Waals surface area contributed by atoms with Gasteiger partial charge in [-0.1, -0.05) is 6.07 Å². The van der Waals surface area contributed by atoms with Crippen LogP contribution in [0.5, 0.6) is 0 Å². The van der Waals surface area contributed by atoms with Gasteiger partial charge in [-0.3, -0.25) is 5.10 Å². The molecule has 0 amide bonds. The van der Waals surface area contributed by atoms with E-state index in [1.165, 1.54) is 22.2 Å². The number of anilines is 1. The second-order valence-corrected chi connectivity index (χ2v) is 4.71. The zero-order valence-electron chi connectivity index (χ0n) is 10.8. The number of hydrogen-bond donors (Lipinski definition) is 2. The molecule has 4 heteroatoms. The molecule has 3 aromatic rings. The van der Waals surface area contributed by atoms with E-state index in [-0.39, 0.29) is 0 Å². The van der Waals surface area contributed by atoms with Gasteiger partial charge in [0.2, 0.25) is 0 Å². The second-order valence-electron chi connectivity index (χ2n) is 4.71. The van der Waals surface area contributed by atoms with Crippen molar-refractivity contribution in [1.82, 2.24) is 14.8 Å². The van der Waals surface area contributed by atoms with Crippen molar-refractivity contribution < 1.29 is 0 Å². The molecule has 2 heterocycles. The summed E-state index contributed by atoms with van der Waals surface area (Å²) >= 11 is 0. The van der Waals surface area contributed by atoms with Crippen LogP contribution in [-0.4, -0.2) is 14.8 Å². The van der Waals surface area contributed by atoms with E-state index in [1.807, 2.05) is 6.07 Å². The van der Waals surface area contributed by atoms with Crippen molar-refractivity contribution in [3.8, 4) is 11.3 Å². The number of aromatic amines is 1. The lowest BCUT2D eigenvalue weighted by Crippen LogP contribution is -1.89. The average molecular weight is 240 g/mol. The maximum atomic E-state index is 5.64.